The van der Waals surface area contributed by atoms with Gasteiger partial charge in [0, 0.05) is 6.54 Å². The monoisotopic (exact) mass is 431 g/mol. The fourth-order valence-corrected chi connectivity index (χ4v) is 3.12. The molecule has 1 atom stereocenters. The number of benzene rings is 3. The van der Waals surface area contributed by atoms with Crippen molar-refractivity contribution in [1.29, 1.82) is 0 Å². The van der Waals surface area contributed by atoms with Crippen LogP contribution in [0.3, 0.4) is 0 Å². The quantitative estimate of drug-likeness (QED) is 0.499. The predicted octanol–water partition coefficient (Wildman–Crippen LogP) is 3.44. The Balaban J connectivity index is 1.63. The van der Waals surface area contributed by atoms with Gasteiger partial charge in [0.1, 0.15) is 5.75 Å². The van der Waals surface area contributed by atoms with Crippen LogP contribution in [0.4, 0.5) is 5.69 Å². The summed E-state index contributed by atoms with van der Waals surface area (Å²) in [4.78, 5) is 37.5. The molecule has 0 aliphatic heterocycles. The molecular formula is C25H25N3O4. The van der Waals surface area contributed by atoms with E-state index in [0.717, 1.165) is 11.1 Å². The Kier molecular flexibility index (Phi) is 7.59. The number of carbonyl (C=O) groups excluding carboxylic acids is 3. The Morgan fingerprint density at radius 2 is 1.59 bits per heavy atom. The van der Waals surface area contributed by atoms with Crippen molar-refractivity contribution in [3.05, 3.63) is 95.6 Å². The van der Waals surface area contributed by atoms with Crippen LogP contribution in [0.25, 0.3) is 0 Å². The Morgan fingerprint density at radius 1 is 0.875 bits per heavy atom. The first-order valence-electron chi connectivity index (χ1n) is 10.1. The van der Waals surface area contributed by atoms with Gasteiger partial charge < -0.3 is 20.7 Å². The van der Waals surface area contributed by atoms with E-state index >= 15 is 0 Å². The molecule has 3 N–H and O–H groups in total. The maximum absolute atomic E-state index is 12.7. The van der Waals surface area contributed by atoms with E-state index in [-0.39, 0.29) is 29.7 Å². The van der Waals surface area contributed by atoms with Gasteiger partial charge >= 0.3 is 11.8 Å². The number of para-hydroxylation sites is 1. The van der Waals surface area contributed by atoms with Crippen LogP contribution in [0.5, 0.6) is 5.75 Å². The molecule has 3 aromatic rings. The maximum atomic E-state index is 12.7. The van der Waals surface area contributed by atoms with Crippen molar-refractivity contribution in [2.75, 3.05) is 12.4 Å². The first-order valence-corrected chi connectivity index (χ1v) is 10.1. The van der Waals surface area contributed by atoms with Crippen molar-refractivity contribution in [2.24, 2.45) is 0 Å². The van der Waals surface area contributed by atoms with Crippen molar-refractivity contribution in [3.8, 4) is 5.75 Å². The number of hydrogen-bond donors (Lipinski definition) is 3. The summed E-state index contributed by atoms with van der Waals surface area (Å²) >= 11 is 0. The number of methoxy groups -OCH3 is 1. The van der Waals surface area contributed by atoms with Crippen molar-refractivity contribution >= 4 is 23.4 Å². The SMILES string of the molecule is COc1cccc(CNC(=O)c2ccccc2NC(=O)C(=O)N[C@H](C)c2ccccc2)c1. The van der Waals surface area contributed by atoms with Gasteiger partial charge in [0.25, 0.3) is 5.91 Å². The van der Waals surface area contributed by atoms with Crippen LogP contribution in [0.1, 0.15) is 34.5 Å². The lowest BCUT2D eigenvalue weighted by atomic mass is 10.1. The van der Waals surface area contributed by atoms with Crippen LogP contribution in [0.2, 0.25) is 0 Å². The zero-order valence-corrected chi connectivity index (χ0v) is 17.9. The minimum atomic E-state index is -0.846. The molecule has 0 spiro atoms. The van der Waals surface area contributed by atoms with Gasteiger partial charge in [0.15, 0.2) is 0 Å². The first-order chi connectivity index (χ1) is 15.5. The van der Waals surface area contributed by atoms with Gasteiger partial charge in [-0.05, 0) is 42.3 Å². The lowest BCUT2D eigenvalue weighted by molar-refractivity contribution is -0.136. The normalized spacial score (nSPS) is 11.2. The minimum Gasteiger partial charge on any atom is -0.497 e. The van der Waals surface area contributed by atoms with Crippen molar-refractivity contribution in [1.82, 2.24) is 10.6 Å². The molecule has 32 heavy (non-hydrogen) atoms. The van der Waals surface area contributed by atoms with Gasteiger partial charge in [0.05, 0.1) is 24.4 Å². The van der Waals surface area contributed by atoms with Crippen molar-refractivity contribution in [3.63, 3.8) is 0 Å². The van der Waals surface area contributed by atoms with Gasteiger partial charge in [-0.2, -0.15) is 0 Å². The number of anilines is 1. The Hall–Kier alpha value is -4.13. The molecule has 3 rings (SSSR count). The van der Waals surface area contributed by atoms with Crippen LogP contribution >= 0.6 is 0 Å². The zero-order chi connectivity index (χ0) is 22.9. The molecule has 0 saturated heterocycles. The molecule has 0 bridgehead atoms. The highest BCUT2D eigenvalue weighted by Gasteiger charge is 2.20. The van der Waals surface area contributed by atoms with Crippen LogP contribution in [0.15, 0.2) is 78.9 Å². The standard InChI is InChI=1S/C25H25N3O4/c1-17(19-10-4-3-5-11-19)27-24(30)25(31)28-22-14-7-6-13-21(22)23(29)26-16-18-9-8-12-20(15-18)32-2/h3-15,17H,16H2,1-2H3,(H,26,29)(H,27,30)(H,28,31)/t17-/m1/s1. The van der Waals surface area contributed by atoms with Crippen molar-refractivity contribution < 1.29 is 19.1 Å². The van der Waals surface area contributed by atoms with E-state index in [9.17, 15) is 14.4 Å². The second kappa shape index (κ2) is 10.8. The molecule has 0 heterocycles. The topological polar surface area (TPSA) is 96.5 Å². The Labute approximate surface area is 186 Å². The largest absolute Gasteiger partial charge is 0.497 e. The van der Waals surface area contributed by atoms with Crippen LogP contribution < -0.4 is 20.7 Å². The van der Waals surface area contributed by atoms with E-state index < -0.39 is 11.8 Å². The summed E-state index contributed by atoms with van der Waals surface area (Å²) < 4.78 is 5.19. The third-order valence-corrected chi connectivity index (χ3v) is 4.86. The third-order valence-electron chi connectivity index (χ3n) is 4.86. The highest BCUT2D eigenvalue weighted by atomic mass is 16.5. The van der Waals surface area contributed by atoms with Crippen LogP contribution in [-0.2, 0) is 16.1 Å². The molecule has 3 amide bonds. The summed E-state index contributed by atoms with van der Waals surface area (Å²) in [6.07, 6.45) is 0. The molecule has 164 valence electrons. The van der Waals surface area contributed by atoms with Gasteiger partial charge in [-0.3, -0.25) is 14.4 Å². The number of carbonyl (C=O) groups is 3. The number of amides is 3. The van der Waals surface area contributed by atoms with E-state index in [1.54, 1.807) is 38.3 Å². The average Bonchev–Trinajstić information content (AvgIpc) is 2.83. The highest BCUT2D eigenvalue weighted by molar-refractivity contribution is 6.40. The summed E-state index contributed by atoms with van der Waals surface area (Å²) in [6, 6.07) is 22.9. The predicted molar refractivity (Wildman–Crippen MR) is 122 cm³/mol. The van der Waals surface area contributed by atoms with Gasteiger partial charge in [-0.25, -0.2) is 0 Å². The second-order valence-corrected chi connectivity index (χ2v) is 7.14. The zero-order valence-electron chi connectivity index (χ0n) is 17.9. The summed E-state index contributed by atoms with van der Waals surface area (Å²) in [5.41, 5.74) is 2.26. The number of hydrogen-bond acceptors (Lipinski definition) is 4. The summed E-state index contributed by atoms with van der Waals surface area (Å²) in [7, 11) is 1.58. The minimum absolute atomic E-state index is 0.253. The van der Waals surface area contributed by atoms with Gasteiger partial charge in [-0.1, -0.05) is 54.6 Å². The Bertz CT molecular complexity index is 1100. The highest BCUT2D eigenvalue weighted by Crippen LogP contribution is 2.17. The summed E-state index contributed by atoms with van der Waals surface area (Å²) in [5, 5.41) is 8.01. The van der Waals surface area contributed by atoms with E-state index in [0.29, 0.717) is 5.75 Å². The lowest BCUT2D eigenvalue weighted by Crippen LogP contribution is -2.37. The molecular weight excluding hydrogens is 406 g/mol. The van der Waals surface area contributed by atoms with Crippen LogP contribution in [-0.4, -0.2) is 24.8 Å². The van der Waals surface area contributed by atoms with E-state index in [1.165, 1.54) is 0 Å². The molecule has 0 unspecified atom stereocenters. The van der Waals surface area contributed by atoms with Gasteiger partial charge in [0.2, 0.25) is 0 Å². The van der Waals surface area contributed by atoms with E-state index in [4.69, 9.17) is 4.74 Å². The smallest absolute Gasteiger partial charge is 0.313 e. The fourth-order valence-electron chi connectivity index (χ4n) is 3.12. The van der Waals surface area contributed by atoms with E-state index in [1.807, 2.05) is 54.6 Å². The van der Waals surface area contributed by atoms with Crippen molar-refractivity contribution in [2.45, 2.75) is 19.5 Å². The number of nitrogens with one attached hydrogen (secondary N) is 3. The van der Waals surface area contributed by atoms with E-state index in [2.05, 4.69) is 16.0 Å². The number of ether oxygens (including phenoxy) is 1. The number of rotatable bonds is 7. The molecule has 0 aliphatic carbocycles. The molecule has 3 aromatic carbocycles. The molecule has 0 aromatic heterocycles. The average molecular weight is 431 g/mol. The molecule has 0 fully saturated rings. The maximum Gasteiger partial charge on any atom is 0.313 e. The summed E-state index contributed by atoms with van der Waals surface area (Å²) in [6.45, 7) is 2.08. The molecule has 0 saturated carbocycles. The third kappa shape index (κ3) is 5.95. The molecule has 0 aliphatic rings. The first kappa shape index (κ1) is 22.6. The molecule has 7 heteroatoms. The van der Waals surface area contributed by atoms with Crippen LogP contribution in [0, 0.1) is 0 Å². The molecule has 0 radical (unpaired) electrons. The second-order valence-electron chi connectivity index (χ2n) is 7.14. The van der Waals surface area contributed by atoms with Gasteiger partial charge in [-0.15, -0.1) is 0 Å². The lowest BCUT2D eigenvalue weighted by Gasteiger charge is -2.15. The fraction of sp³-hybridized carbons (Fsp3) is 0.160. The molecule has 7 nitrogen and oxygen atoms in total. The summed E-state index contributed by atoms with van der Waals surface area (Å²) in [5.74, 6) is -1.31. The Morgan fingerprint density at radius 3 is 2.34 bits per heavy atom.